The number of Topliss-reactive ketones (excluding diaryl/α,β-unsaturated/α-hetero) is 2. The van der Waals surface area contributed by atoms with Crippen LogP contribution in [0.25, 0.3) is 5.76 Å². The van der Waals surface area contributed by atoms with E-state index in [-0.39, 0.29) is 22.5 Å². The van der Waals surface area contributed by atoms with Gasteiger partial charge in [-0.15, -0.1) is 0 Å². The van der Waals surface area contributed by atoms with Crippen LogP contribution >= 0.6 is 15.9 Å². The first-order chi connectivity index (χ1) is 11.9. The van der Waals surface area contributed by atoms with Crippen molar-refractivity contribution in [2.24, 2.45) is 0 Å². The Morgan fingerprint density at radius 3 is 2.24 bits per heavy atom. The van der Waals surface area contributed by atoms with E-state index in [1.165, 1.54) is 12.1 Å². The fourth-order valence-electron chi connectivity index (χ4n) is 2.96. The van der Waals surface area contributed by atoms with E-state index in [1.54, 1.807) is 36.4 Å². The molecule has 0 heterocycles. The number of hydrogen-bond donors (Lipinski definition) is 1. The van der Waals surface area contributed by atoms with E-state index in [1.807, 2.05) is 0 Å². The van der Waals surface area contributed by atoms with E-state index < -0.39 is 29.0 Å². The monoisotopic (exact) mass is 401 g/mol. The van der Waals surface area contributed by atoms with Gasteiger partial charge in [0.1, 0.15) is 5.76 Å². The third-order valence-electron chi connectivity index (χ3n) is 4.09. The highest BCUT2D eigenvalue weighted by molar-refractivity contribution is 9.10. The predicted molar refractivity (Wildman–Crippen MR) is 94.1 cm³/mol. The summed E-state index contributed by atoms with van der Waals surface area (Å²) in [5.41, 5.74) is 0.525. The summed E-state index contributed by atoms with van der Waals surface area (Å²) in [6.45, 7) is -0.622. The number of carbonyl (C=O) groups excluding carboxylic acids is 2. The maximum Gasteiger partial charge on any atom is 0.234 e. The van der Waals surface area contributed by atoms with Crippen LogP contribution in [-0.2, 0) is 4.79 Å². The summed E-state index contributed by atoms with van der Waals surface area (Å²) in [5, 5.41) is 21.8. The van der Waals surface area contributed by atoms with Crippen molar-refractivity contribution >= 4 is 33.3 Å². The zero-order valence-corrected chi connectivity index (χ0v) is 14.4. The number of fused-ring (bicyclic) bond motifs is 1. The first-order valence-electron chi connectivity index (χ1n) is 7.39. The lowest BCUT2D eigenvalue weighted by Crippen LogP contribution is -2.30. The molecule has 7 heteroatoms. The number of rotatable bonds is 4. The molecule has 1 aliphatic carbocycles. The fourth-order valence-corrected chi connectivity index (χ4v) is 3.52. The normalized spacial score (nSPS) is 15.1. The van der Waals surface area contributed by atoms with Gasteiger partial charge >= 0.3 is 0 Å². The van der Waals surface area contributed by atoms with Crippen LogP contribution in [-0.4, -0.2) is 28.1 Å². The highest BCUT2D eigenvalue weighted by Crippen LogP contribution is 2.38. The molecule has 0 aliphatic heterocycles. The van der Waals surface area contributed by atoms with Gasteiger partial charge in [-0.1, -0.05) is 58.4 Å². The summed E-state index contributed by atoms with van der Waals surface area (Å²) in [6, 6.07) is 12.9. The molecule has 6 nitrogen and oxygen atoms in total. The van der Waals surface area contributed by atoms with Crippen molar-refractivity contribution in [3.8, 4) is 0 Å². The number of aliphatic hydroxyl groups is 1. The lowest BCUT2D eigenvalue weighted by Gasteiger charge is -2.23. The molecule has 126 valence electrons. The number of nitro groups is 1. The second-order valence-corrected chi connectivity index (χ2v) is 6.41. The van der Waals surface area contributed by atoms with Gasteiger partial charge in [-0.25, -0.2) is 0 Å². The summed E-state index contributed by atoms with van der Waals surface area (Å²) in [7, 11) is 0. The summed E-state index contributed by atoms with van der Waals surface area (Å²) in [4.78, 5) is 35.6. The molecule has 0 spiro atoms. The molecule has 2 aromatic carbocycles. The van der Waals surface area contributed by atoms with Gasteiger partial charge in [-0.2, -0.15) is 0 Å². The Labute approximate surface area is 151 Å². The van der Waals surface area contributed by atoms with E-state index in [0.29, 0.717) is 10.0 Å². The quantitative estimate of drug-likeness (QED) is 0.479. The SMILES string of the molecule is O=C1C(=O)c2ccccc2C(O)=C1[C@H](C[N+](=O)[O-])c1ccccc1Br. The second-order valence-electron chi connectivity index (χ2n) is 5.56. The molecule has 3 rings (SSSR count). The minimum atomic E-state index is -1.05. The van der Waals surface area contributed by atoms with E-state index in [9.17, 15) is 24.8 Å². The Morgan fingerprint density at radius 2 is 1.60 bits per heavy atom. The zero-order valence-electron chi connectivity index (χ0n) is 12.8. The maximum atomic E-state index is 12.6. The molecule has 0 amide bonds. The number of aliphatic hydroxyl groups excluding tert-OH is 1. The number of halogens is 1. The van der Waals surface area contributed by atoms with Crippen LogP contribution in [0.1, 0.15) is 27.4 Å². The van der Waals surface area contributed by atoms with Crippen LogP contribution in [0.15, 0.2) is 58.6 Å². The van der Waals surface area contributed by atoms with Crippen LogP contribution in [0.2, 0.25) is 0 Å². The lowest BCUT2D eigenvalue weighted by atomic mass is 9.79. The van der Waals surface area contributed by atoms with Crippen molar-refractivity contribution in [1.82, 2.24) is 0 Å². The first-order valence-corrected chi connectivity index (χ1v) is 8.19. The average Bonchev–Trinajstić information content (AvgIpc) is 2.59. The second kappa shape index (κ2) is 6.60. The standard InChI is InChI=1S/C18H12BrNO5/c19-14-8-4-3-5-10(14)13(9-20(24)25)15-16(21)11-6-1-2-7-12(11)17(22)18(15)23/h1-8,13,21H,9H2/t13-/m1/s1. The van der Waals surface area contributed by atoms with Crippen molar-refractivity contribution in [2.75, 3.05) is 6.54 Å². The molecular formula is C18H12BrNO5. The summed E-state index contributed by atoms with van der Waals surface area (Å²) >= 11 is 3.32. The number of hydrogen-bond acceptors (Lipinski definition) is 5. The molecule has 2 aromatic rings. The Hall–Kier alpha value is -2.80. The van der Waals surface area contributed by atoms with Gasteiger partial charge in [0.05, 0.1) is 11.5 Å². The smallest absolute Gasteiger partial charge is 0.234 e. The van der Waals surface area contributed by atoms with Gasteiger partial charge in [0, 0.05) is 20.5 Å². The highest BCUT2D eigenvalue weighted by Gasteiger charge is 2.39. The van der Waals surface area contributed by atoms with Gasteiger partial charge < -0.3 is 5.11 Å². The maximum absolute atomic E-state index is 12.6. The van der Waals surface area contributed by atoms with E-state index in [2.05, 4.69) is 15.9 Å². The molecule has 1 atom stereocenters. The summed E-state index contributed by atoms with van der Waals surface area (Å²) in [6.07, 6.45) is 0. The molecule has 0 saturated heterocycles. The van der Waals surface area contributed by atoms with Crippen molar-refractivity contribution in [3.05, 3.63) is 85.4 Å². The molecule has 0 radical (unpaired) electrons. The largest absolute Gasteiger partial charge is 0.507 e. The fraction of sp³-hybridized carbons (Fsp3) is 0.111. The van der Waals surface area contributed by atoms with E-state index in [4.69, 9.17) is 0 Å². The van der Waals surface area contributed by atoms with Gasteiger partial charge in [0.25, 0.3) is 0 Å². The summed E-state index contributed by atoms with van der Waals surface area (Å²) < 4.78 is 0.557. The molecular weight excluding hydrogens is 390 g/mol. The topological polar surface area (TPSA) is 97.5 Å². The van der Waals surface area contributed by atoms with Crippen LogP contribution in [0, 0.1) is 10.1 Å². The molecule has 25 heavy (non-hydrogen) atoms. The van der Waals surface area contributed by atoms with Gasteiger partial charge in [0.2, 0.25) is 18.1 Å². The van der Waals surface area contributed by atoms with Crippen LogP contribution in [0.4, 0.5) is 0 Å². The predicted octanol–water partition coefficient (Wildman–Crippen LogP) is 3.54. The molecule has 0 aromatic heterocycles. The van der Waals surface area contributed by atoms with Crippen molar-refractivity contribution < 1.29 is 19.6 Å². The number of benzene rings is 2. The minimum absolute atomic E-state index is 0.0979. The molecule has 0 bridgehead atoms. The Bertz CT molecular complexity index is 935. The third kappa shape index (κ3) is 2.98. The molecule has 0 saturated carbocycles. The molecule has 1 aliphatic rings. The number of nitrogens with zero attached hydrogens (tertiary/aromatic N) is 1. The molecule has 0 fully saturated rings. The zero-order chi connectivity index (χ0) is 18.1. The Balaban J connectivity index is 2.25. The average molecular weight is 402 g/mol. The number of carbonyl (C=O) groups is 2. The lowest BCUT2D eigenvalue weighted by molar-refractivity contribution is -0.481. The van der Waals surface area contributed by atoms with Gasteiger partial charge in [0.15, 0.2) is 0 Å². The van der Waals surface area contributed by atoms with Crippen LogP contribution in [0.5, 0.6) is 0 Å². The van der Waals surface area contributed by atoms with E-state index >= 15 is 0 Å². The van der Waals surface area contributed by atoms with Gasteiger partial charge in [-0.05, 0) is 11.6 Å². The minimum Gasteiger partial charge on any atom is -0.507 e. The van der Waals surface area contributed by atoms with Crippen LogP contribution in [0.3, 0.4) is 0 Å². The Morgan fingerprint density at radius 1 is 1.00 bits per heavy atom. The Kier molecular flexibility index (Phi) is 4.50. The molecule has 1 N–H and O–H groups in total. The van der Waals surface area contributed by atoms with Crippen LogP contribution < -0.4 is 0 Å². The summed E-state index contributed by atoms with van der Waals surface area (Å²) in [5.74, 6) is -3.12. The van der Waals surface area contributed by atoms with Gasteiger partial charge in [-0.3, -0.25) is 19.7 Å². The molecule has 0 unspecified atom stereocenters. The van der Waals surface area contributed by atoms with Crippen molar-refractivity contribution in [3.63, 3.8) is 0 Å². The highest BCUT2D eigenvalue weighted by atomic mass is 79.9. The van der Waals surface area contributed by atoms with Crippen molar-refractivity contribution in [2.45, 2.75) is 5.92 Å². The number of ketones is 2. The van der Waals surface area contributed by atoms with Crippen molar-refractivity contribution in [1.29, 1.82) is 0 Å². The first kappa shape index (κ1) is 17.0. The van der Waals surface area contributed by atoms with E-state index in [0.717, 1.165) is 0 Å². The third-order valence-corrected chi connectivity index (χ3v) is 4.82.